The van der Waals surface area contributed by atoms with Crippen LogP contribution in [0.15, 0.2) is 12.1 Å². The van der Waals surface area contributed by atoms with Crippen molar-refractivity contribution in [1.82, 2.24) is 0 Å². The molecular formula is C14H20F2O2S. The van der Waals surface area contributed by atoms with E-state index < -0.39 is 23.7 Å². The molecule has 0 aliphatic rings. The van der Waals surface area contributed by atoms with E-state index >= 15 is 0 Å². The van der Waals surface area contributed by atoms with Crippen molar-refractivity contribution < 1.29 is 18.7 Å². The molecule has 0 aromatic carbocycles. The van der Waals surface area contributed by atoms with E-state index in [0.29, 0.717) is 0 Å². The highest BCUT2D eigenvalue weighted by molar-refractivity contribution is 7.12. The van der Waals surface area contributed by atoms with Gasteiger partial charge in [0.25, 0.3) is 5.92 Å². The zero-order valence-corrected chi connectivity index (χ0v) is 12.7. The molecule has 2 nitrogen and oxygen atoms in total. The lowest BCUT2D eigenvalue weighted by Gasteiger charge is -2.25. The maximum absolute atomic E-state index is 14.2. The second-order valence-corrected chi connectivity index (χ2v) is 7.57. The maximum Gasteiger partial charge on any atom is 0.309 e. The summed E-state index contributed by atoms with van der Waals surface area (Å²) in [5, 5.41) is 8.96. The highest BCUT2D eigenvalue weighted by Crippen LogP contribution is 2.44. The Bertz CT molecular complexity index is 470. The zero-order chi connectivity index (χ0) is 15.1. The largest absolute Gasteiger partial charge is 0.481 e. The fourth-order valence-corrected chi connectivity index (χ4v) is 2.69. The van der Waals surface area contributed by atoms with Gasteiger partial charge in [-0.05, 0) is 31.4 Å². The van der Waals surface area contributed by atoms with Crippen LogP contribution in [0.5, 0.6) is 0 Å². The van der Waals surface area contributed by atoms with E-state index in [1.165, 1.54) is 19.9 Å². The van der Waals surface area contributed by atoms with Gasteiger partial charge in [-0.2, -0.15) is 0 Å². The summed E-state index contributed by atoms with van der Waals surface area (Å²) in [4.78, 5) is 11.8. The van der Waals surface area contributed by atoms with Crippen LogP contribution < -0.4 is 0 Å². The van der Waals surface area contributed by atoms with Crippen LogP contribution in [0.25, 0.3) is 0 Å². The van der Waals surface area contributed by atoms with Gasteiger partial charge in [0.2, 0.25) is 0 Å². The van der Waals surface area contributed by atoms with Gasteiger partial charge in [0, 0.05) is 11.3 Å². The monoisotopic (exact) mass is 290 g/mol. The molecular weight excluding hydrogens is 270 g/mol. The van der Waals surface area contributed by atoms with Crippen molar-refractivity contribution >= 4 is 17.3 Å². The van der Waals surface area contributed by atoms with Gasteiger partial charge in [-0.1, -0.05) is 20.8 Å². The van der Waals surface area contributed by atoms with Crippen molar-refractivity contribution in [2.24, 2.45) is 5.41 Å². The zero-order valence-electron chi connectivity index (χ0n) is 11.9. The molecule has 0 unspecified atom stereocenters. The molecule has 0 fully saturated rings. The number of carboxylic acid groups (broad SMARTS) is 1. The predicted octanol–water partition coefficient (Wildman–Crippen LogP) is 4.64. The first-order chi connectivity index (χ1) is 8.36. The molecule has 0 saturated heterocycles. The number of alkyl halides is 2. The lowest BCUT2D eigenvalue weighted by atomic mass is 9.86. The molecule has 1 aromatic heterocycles. The minimum atomic E-state index is -3.12. The van der Waals surface area contributed by atoms with Crippen LogP contribution in [0, 0.1) is 5.41 Å². The number of thiophene rings is 1. The molecule has 0 atom stereocenters. The second kappa shape index (κ2) is 4.85. The summed E-state index contributed by atoms with van der Waals surface area (Å²) in [7, 11) is 0. The van der Waals surface area contributed by atoms with E-state index in [9.17, 15) is 13.6 Å². The Kier molecular flexibility index (Phi) is 4.11. The first kappa shape index (κ1) is 16.1. The van der Waals surface area contributed by atoms with E-state index in [2.05, 4.69) is 0 Å². The molecule has 0 amide bonds. The van der Waals surface area contributed by atoms with Crippen molar-refractivity contribution in [3.8, 4) is 0 Å². The predicted molar refractivity (Wildman–Crippen MR) is 72.9 cm³/mol. The van der Waals surface area contributed by atoms with Gasteiger partial charge in [0.05, 0.1) is 10.3 Å². The number of carboxylic acids is 1. The van der Waals surface area contributed by atoms with Crippen LogP contribution in [-0.4, -0.2) is 11.1 Å². The molecule has 108 valence electrons. The minimum Gasteiger partial charge on any atom is -0.481 e. The summed E-state index contributed by atoms with van der Waals surface area (Å²) in [6.45, 7) is 8.52. The minimum absolute atomic E-state index is 0.0632. The SMILES string of the molecule is CC(C)(CC(F)(F)c1ccc(C(C)(C)C)s1)C(=O)O. The Morgan fingerprint density at radius 1 is 1.16 bits per heavy atom. The van der Waals surface area contributed by atoms with Crippen LogP contribution in [-0.2, 0) is 16.1 Å². The number of hydrogen-bond acceptors (Lipinski definition) is 2. The third-order valence-electron chi connectivity index (χ3n) is 2.95. The van der Waals surface area contributed by atoms with Crippen molar-refractivity contribution in [2.75, 3.05) is 0 Å². The Morgan fingerprint density at radius 2 is 1.63 bits per heavy atom. The summed E-state index contributed by atoms with van der Waals surface area (Å²) >= 11 is 1.06. The smallest absolute Gasteiger partial charge is 0.309 e. The average molecular weight is 290 g/mol. The molecule has 0 aliphatic carbocycles. The molecule has 0 aliphatic heterocycles. The first-order valence-electron chi connectivity index (χ1n) is 6.08. The topological polar surface area (TPSA) is 37.3 Å². The van der Waals surface area contributed by atoms with Crippen molar-refractivity contribution in [3.63, 3.8) is 0 Å². The number of hydrogen-bond donors (Lipinski definition) is 1. The van der Waals surface area contributed by atoms with E-state index in [1.807, 2.05) is 20.8 Å². The Labute approximate surface area is 116 Å². The number of aliphatic carboxylic acids is 1. The van der Waals surface area contributed by atoms with Gasteiger partial charge in [0.1, 0.15) is 0 Å². The van der Waals surface area contributed by atoms with Crippen LogP contribution in [0.4, 0.5) is 8.78 Å². The standard InChI is InChI=1S/C14H20F2O2S/c1-12(2,3)9-6-7-10(19-9)14(15,16)8-13(4,5)11(17)18/h6-7H,8H2,1-5H3,(H,17,18). The Morgan fingerprint density at radius 3 is 2.00 bits per heavy atom. The fourth-order valence-electron chi connectivity index (χ4n) is 1.66. The second-order valence-electron chi connectivity index (χ2n) is 6.48. The van der Waals surface area contributed by atoms with E-state index in [1.54, 1.807) is 6.07 Å². The molecule has 1 N–H and O–H groups in total. The number of rotatable bonds is 4. The normalized spacial score (nSPS) is 13.6. The van der Waals surface area contributed by atoms with E-state index in [-0.39, 0.29) is 10.3 Å². The Hall–Kier alpha value is -0.970. The summed E-state index contributed by atoms with van der Waals surface area (Å²) in [5.41, 5.74) is -1.63. The van der Waals surface area contributed by atoms with Gasteiger partial charge in [-0.25, -0.2) is 8.78 Å². The molecule has 0 saturated carbocycles. The van der Waals surface area contributed by atoms with Gasteiger partial charge < -0.3 is 5.11 Å². The van der Waals surface area contributed by atoms with Gasteiger partial charge in [0.15, 0.2) is 0 Å². The molecule has 5 heteroatoms. The van der Waals surface area contributed by atoms with Crippen LogP contribution >= 0.6 is 11.3 Å². The molecule has 0 spiro atoms. The fraction of sp³-hybridized carbons (Fsp3) is 0.643. The first-order valence-corrected chi connectivity index (χ1v) is 6.90. The molecule has 0 bridgehead atoms. The molecule has 1 heterocycles. The van der Waals surface area contributed by atoms with Crippen molar-refractivity contribution in [1.29, 1.82) is 0 Å². The van der Waals surface area contributed by atoms with Gasteiger partial charge in [-0.3, -0.25) is 4.79 Å². The highest BCUT2D eigenvalue weighted by Gasteiger charge is 2.43. The Balaban J connectivity index is 3.01. The summed E-state index contributed by atoms with van der Waals surface area (Å²) in [6.07, 6.45) is -0.695. The summed E-state index contributed by atoms with van der Waals surface area (Å²) in [5.74, 6) is -4.32. The number of halogens is 2. The quantitative estimate of drug-likeness (QED) is 0.877. The van der Waals surface area contributed by atoms with Crippen molar-refractivity contribution in [3.05, 3.63) is 21.9 Å². The third kappa shape index (κ3) is 3.75. The van der Waals surface area contributed by atoms with Gasteiger partial charge in [-0.15, -0.1) is 11.3 Å². The molecule has 19 heavy (non-hydrogen) atoms. The lowest BCUT2D eigenvalue weighted by Crippen LogP contribution is -2.30. The van der Waals surface area contributed by atoms with Gasteiger partial charge >= 0.3 is 5.97 Å². The van der Waals surface area contributed by atoms with Crippen LogP contribution in [0.3, 0.4) is 0 Å². The van der Waals surface area contributed by atoms with Crippen LogP contribution in [0.2, 0.25) is 0 Å². The van der Waals surface area contributed by atoms with E-state index in [4.69, 9.17) is 5.11 Å². The highest BCUT2D eigenvalue weighted by atomic mass is 32.1. The summed E-state index contributed by atoms with van der Waals surface area (Å²) < 4.78 is 28.3. The maximum atomic E-state index is 14.2. The van der Waals surface area contributed by atoms with Crippen LogP contribution in [0.1, 0.15) is 50.8 Å². The molecule has 1 rings (SSSR count). The van der Waals surface area contributed by atoms with Crippen molar-refractivity contribution in [2.45, 2.75) is 52.4 Å². The lowest BCUT2D eigenvalue weighted by molar-refractivity contribution is -0.153. The number of carbonyl (C=O) groups is 1. The molecule has 1 aromatic rings. The molecule has 0 radical (unpaired) electrons. The average Bonchev–Trinajstić information content (AvgIpc) is 2.63. The summed E-state index contributed by atoms with van der Waals surface area (Å²) in [6, 6.07) is 3.10. The van der Waals surface area contributed by atoms with E-state index in [0.717, 1.165) is 16.2 Å². The third-order valence-corrected chi connectivity index (χ3v) is 4.57.